The van der Waals surface area contributed by atoms with Gasteiger partial charge in [0.2, 0.25) is 5.91 Å². The maximum Gasteiger partial charge on any atom is 0.323 e. The standard InChI is InChI=1S/C17H21FN4O6/c1-10(23)21(9-15(24)25)12-3-2-5-20(6-4-12)17(26)13-7-11(18)8-14(16(13)19)22(27)28/h7-8,12H,2-6,9,19H2,1H3,(H,24,25). The fourth-order valence-electron chi connectivity index (χ4n) is 3.34. The lowest BCUT2D eigenvalue weighted by atomic mass is 10.1. The van der Waals surface area contributed by atoms with E-state index in [9.17, 15) is 28.9 Å². The summed E-state index contributed by atoms with van der Waals surface area (Å²) in [6.07, 6.45) is 1.31. The molecule has 1 aliphatic rings. The first-order valence-corrected chi connectivity index (χ1v) is 8.63. The minimum absolute atomic E-state index is 0.177. The van der Waals surface area contributed by atoms with Crippen molar-refractivity contribution in [2.45, 2.75) is 32.2 Å². The average Bonchev–Trinajstić information content (AvgIpc) is 2.86. The van der Waals surface area contributed by atoms with Crippen molar-refractivity contribution < 1.29 is 28.8 Å². The zero-order valence-corrected chi connectivity index (χ0v) is 15.3. The Hall–Kier alpha value is -3.24. The van der Waals surface area contributed by atoms with Gasteiger partial charge in [-0.2, -0.15) is 0 Å². The first-order valence-electron chi connectivity index (χ1n) is 8.63. The zero-order valence-electron chi connectivity index (χ0n) is 15.3. The number of carboxylic acid groups (broad SMARTS) is 1. The summed E-state index contributed by atoms with van der Waals surface area (Å²) in [5.74, 6) is -3.10. The smallest absolute Gasteiger partial charge is 0.323 e. The third-order valence-electron chi connectivity index (χ3n) is 4.69. The summed E-state index contributed by atoms with van der Waals surface area (Å²) in [6, 6.07) is 1.16. The topological polar surface area (TPSA) is 147 Å². The second kappa shape index (κ2) is 8.63. The summed E-state index contributed by atoms with van der Waals surface area (Å²) in [5.41, 5.74) is 4.31. The highest BCUT2D eigenvalue weighted by Crippen LogP contribution is 2.28. The number of amides is 2. The molecule has 1 atom stereocenters. The normalized spacial score (nSPS) is 16.9. The molecule has 10 nitrogen and oxygen atoms in total. The van der Waals surface area contributed by atoms with Gasteiger partial charge in [-0.3, -0.25) is 24.5 Å². The lowest BCUT2D eigenvalue weighted by Crippen LogP contribution is -2.43. The molecule has 0 radical (unpaired) electrons. The molecule has 0 saturated carbocycles. The van der Waals surface area contributed by atoms with Gasteiger partial charge in [0.05, 0.1) is 16.6 Å². The number of rotatable bonds is 5. The predicted octanol–water partition coefficient (Wildman–Crippen LogP) is 1.24. The number of halogens is 1. The minimum atomic E-state index is -1.13. The van der Waals surface area contributed by atoms with Gasteiger partial charge in [-0.1, -0.05) is 0 Å². The van der Waals surface area contributed by atoms with Crippen molar-refractivity contribution in [1.29, 1.82) is 0 Å². The highest BCUT2D eigenvalue weighted by atomic mass is 19.1. The molecule has 0 bridgehead atoms. The van der Waals surface area contributed by atoms with Crippen LogP contribution >= 0.6 is 0 Å². The monoisotopic (exact) mass is 396 g/mol. The Bertz CT molecular complexity index is 815. The molecular formula is C17H21FN4O6. The third-order valence-corrected chi connectivity index (χ3v) is 4.69. The number of nitrogen functional groups attached to an aromatic ring is 1. The van der Waals surface area contributed by atoms with E-state index in [4.69, 9.17) is 10.8 Å². The van der Waals surface area contributed by atoms with Crippen LogP contribution in [0.15, 0.2) is 12.1 Å². The maximum absolute atomic E-state index is 13.7. The van der Waals surface area contributed by atoms with E-state index in [1.54, 1.807) is 0 Å². The molecule has 1 unspecified atom stereocenters. The number of nitrogens with zero attached hydrogens (tertiary/aromatic N) is 3. The Morgan fingerprint density at radius 2 is 2.04 bits per heavy atom. The molecular weight excluding hydrogens is 375 g/mol. The van der Waals surface area contributed by atoms with Crippen LogP contribution in [0.2, 0.25) is 0 Å². The molecule has 2 rings (SSSR count). The molecule has 0 aliphatic carbocycles. The van der Waals surface area contributed by atoms with Crippen LogP contribution in [0, 0.1) is 15.9 Å². The van der Waals surface area contributed by atoms with Gasteiger partial charge in [-0.05, 0) is 25.3 Å². The second-order valence-corrected chi connectivity index (χ2v) is 6.56. The zero-order chi connectivity index (χ0) is 21.0. The Morgan fingerprint density at radius 3 is 2.61 bits per heavy atom. The van der Waals surface area contributed by atoms with Crippen LogP contribution in [-0.2, 0) is 9.59 Å². The fourth-order valence-corrected chi connectivity index (χ4v) is 3.34. The molecule has 152 valence electrons. The van der Waals surface area contributed by atoms with Gasteiger partial charge in [-0.25, -0.2) is 4.39 Å². The maximum atomic E-state index is 13.7. The van der Waals surface area contributed by atoms with E-state index in [1.165, 1.54) is 16.7 Å². The van der Waals surface area contributed by atoms with Crippen LogP contribution in [-0.4, -0.2) is 63.3 Å². The number of hydrogen-bond acceptors (Lipinski definition) is 6. The number of nitro benzene ring substituents is 1. The number of carboxylic acids is 1. The average molecular weight is 396 g/mol. The van der Waals surface area contributed by atoms with Crippen LogP contribution in [0.3, 0.4) is 0 Å². The highest BCUT2D eigenvalue weighted by Gasteiger charge is 2.30. The summed E-state index contributed by atoms with van der Waals surface area (Å²) < 4.78 is 13.7. The van der Waals surface area contributed by atoms with Crippen molar-refractivity contribution in [3.63, 3.8) is 0 Å². The number of carbonyl (C=O) groups excluding carboxylic acids is 2. The number of anilines is 1. The van der Waals surface area contributed by atoms with Crippen LogP contribution in [0.5, 0.6) is 0 Å². The lowest BCUT2D eigenvalue weighted by Gasteiger charge is -2.29. The predicted molar refractivity (Wildman–Crippen MR) is 96.0 cm³/mol. The first-order chi connectivity index (χ1) is 13.1. The van der Waals surface area contributed by atoms with Crippen LogP contribution < -0.4 is 5.73 Å². The molecule has 1 saturated heterocycles. The molecule has 2 amide bonds. The van der Waals surface area contributed by atoms with Gasteiger partial charge in [0.15, 0.2) is 0 Å². The second-order valence-electron chi connectivity index (χ2n) is 6.56. The third kappa shape index (κ3) is 4.72. The van der Waals surface area contributed by atoms with Gasteiger partial charge < -0.3 is 20.6 Å². The summed E-state index contributed by atoms with van der Waals surface area (Å²) >= 11 is 0. The molecule has 0 aromatic heterocycles. The van der Waals surface area contributed by atoms with Gasteiger partial charge >= 0.3 is 5.97 Å². The molecule has 1 fully saturated rings. The Balaban J connectivity index is 2.20. The number of likely N-dealkylation sites (tertiary alicyclic amines) is 1. The van der Waals surface area contributed by atoms with Crippen molar-refractivity contribution in [3.05, 3.63) is 33.6 Å². The number of carbonyl (C=O) groups is 3. The molecule has 28 heavy (non-hydrogen) atoms. The molecule has 1 aromatic carbocycles. The van der Waals surface area contributed by atoms with E-state index >= 15 is 0 Å². The van der Waals surface area contributed by atoms with Crippen LogP contribution in [0.4, 0.5) is 15.8 Å². The van der Waals surface area contributed by atoms with Gasteiger partial charge in [0.25, 0.3) is 11.6 Å². The molecule has 3 N–H and O–H groups in total. The van der Waals surface area contributed by atoms with Crippen molar-refractivity contribution in [2.75, 3.05) is 25.4 Å². The fraction of sp³-hybridized carbons (Fsp3) is 0.471. The van der Waals surface area contributed by atoms with Crippen molar-refractivity contribution in [1.82, 2.24) is 9.80 Å². The largest absolute Gasteiger partial charge is 0.480 e. The van der Waals surface area contributed by atoms with Crippen LogP contribution in [0.1, 0.15) is 36.5 Å². The molecule has 1 heterocycles. The van der Waals surface area contributed by atoms with Gasteiger partial charge in [0.1, 0.15) is 18.0 Å². The van der Waals surface area contributed by atoms with E-state index in [0.717, 1.165) is 6.07 Å². The SMILES string of the molecule is CC(=O)N(CC(=O)O)C1CCCN(C(=O)c2cc(F)cc([N+](=O)[O-])c2N)CC1. The number of nitrogens with two attached hydrogens (primary N) is 1. The number of nitro groups is 1. The van der Waals surface area contributed by atoms with Crippen LogP contribution in [0.25, 0.3) is 0 Å². The van der Waals surface area contributed by atoms with Crippen molar-refractivity contribution in [3.8, 4) is 0 Å². The van der Waals surface area contributed by atoms with E-state index in [-0.39, 0.29) is 30.6 Å². The van der Waals surface area contributed by atoms with Crippen molar-refractivity contribution in [2.24, 2.45) is 0 Å². The number of aliphatic carboxylic acids is 1. The summed E-state index contributed by atoms with van der Waals surface area (Å²) in [4.78, 5) is 48.3. The van der Waals surface area contributed by atoms with Gasteiger partial charge in [-0.15, -0.1) is 0 Å². The number of benzene rings is 1. The lowest BCUT2D eigenvalue weighted by molar-refractivity contribution is -0.384. The molecule has 0 spiro atoms. The summed E-state index contributed by atoms with van der Waals surface area (Å²) in [5, 5.41) is 20.0. The Kier molecular flexibility index (Phi) is 6.49. The minimum Gasteiger partial charge on any atom is -0.480 e. The van der Waals surface area contributed by atoms with E-state index < -0.39 is 40.5 Å². The molecule has 11 heteroatoms. The highest BCUT2D eigenvalue weighted by molar-refractivity contribution is 6.01. The summed E-state index contributed by atoms with van der Waals surface area (Å²) in [7, 11) is 0. The van der Waals surface area contributed by atoms with Crippen molar-refractivity contribution >= 4 is 29.2 Å². The summed E-state index contributed by atoms with van der Waals surface area (Å²) in [6.45, 7) is 1.30. The molecule has 1 aliphatic heterocycles. The van der Waals surface area contributed by atoms with E-state index in [1.807, 2.05) is 0 Å². The molecule has 1 aromatic rings. The quantitative estimate of drug-likeness (QED) is 0.432. The Morgan fingerprint density at radius 1 is 1.36 bits per heavy atom. The van der Waals surface area contributed by atoms with Gasteiger partial charge in [0, 0.05) is 26.1 Å². The van der Waals surface area contributed by atoms with E-state index in [2.05, 4.69) is 0 Å². The Labute approximate surface area is 159 Å². The number of hydrogen-bond donors (Lipinski definition) is 2. The van der Waals surface area contributed by atoms with E-state index in [0.29, 0.717) is 25.3 Å². The first kappa shape index (κ1) is 21.1.